The first-order valence-electron chi connectivity index (χ1n) is 8.41. The van der Waals surface area contributed by atoms with Crippen molar-refractivity contribution < 1.29 is 14.1 Å². The van der Waals surface area contributed by atoms with Crippen LogP contribution in [-0.4, -0.2) is 20.6 Å². The number of hydrogen-bond acceptors (Lipinski definition) is 4. The third kappa shape index (κ3) is 4.23. The lowest BCUT2D eigenvalue weighted by Crippen LogP contribution is -2.14. The van der Waals surface area contributed by atoms with Crippen LogP contribution < -0.4 is 5.32 Å². The van der Waals surface area contributed by atoms with Gasteiger partial charge < -0.3 is 5.32 Å². The molecule has 1 N–H and O–H groups in total. The van der Waals surface area contributed by atoms with Crippen molar-refractivity contribution in [2.75, 3.05) is 5.32 Å². The standard InChI is InChI=1S/C19H15Cl2FN4O3/c1-10-18(23-19(27)13-7-6-12(26(28)29)8-16(13)21)11(2)25(24-10)9-14-15(20)4-3-5-17(14)22/h3-8H,9H2,1-2H3,(H,23,27). The van der Waals surface area contributed by atoms with Gasteiger partial charge >= 0.3 is 0 Å². The van der Waals surface area contributed by atoms with Crippen molar-refractivity contribution in [3.8, 4) is 0 Å². The van der Waals surface area contributed by atoms with Crippen LogP contribution in [0.2, 0.25) is 10.0 Å². The molecule has 1 heterocycles. The largest absolute Gasteiger partial charge is 0.319 e. The maximum atomic E-state index is 14.1. The van der Waals surface area contributed by atoms with Gasteiger partial charge in [0, 0.05) is 22.7 Å². The van der Waals surface area contributed by atoms with Gasteiger partial charge in [-0.15, -0.1) is 0 Å². The fourth-order valence-corrected chi connectivity index (χ4v) is 3.33. The van der Waals surface area contributed by atoms with Gasteiger partial charge in [-0.25, -0.2) is 4.39 Å². The SMILES string of the molecule is Cc1nn(Cc2c(F)cccc2Cl)c(C)c1NC(=O)c1ccc([N+](=O)[O-])cc1Cl. The number of nitrogens with one attached hydrogen (secondary N) is 1. The van der Waals surface area contributed by atoms with E-state index in [1.807, 2.05) is 0 Å². The van der Waals surface area contributed by atoms with Gasteiger partial charge in [0.25, 0.3) is 11.6 Å². The van der Waals surface area contributed by atoms with E-state index in [1.54, 1.807) is 19.9 Å². The number of aryl methyl sites for hydroxylation is 1. The molecular formula is C19H15Cl2FN4O3. The first-order valence-corrected chi connectivity index (χ1v) is 9.16. The number of benzene rings is 2. The predicted molar refractivity (Wildman–Crippen MR) is 108 cm³/mol. The van der Waals surface area contributed by atoms with Gasteiger partial charge in [0.2, 0.25) is 0 Å². The van der Waals surface area contributed by atoms with Gasteiger partial charge in [0.05, 0.1) is 39.1 Å². The van der Waals surface area contributed by atoms with Crippen molar-refractivity contribution in [1.29, 1.82) is 0 Å². The highest BCUT2D eigenvalue weighted by Crippen LogP contribution is 2.27. The number of nitro groups is 1. The van der Waals surface area contributed by atoms with Gasteiger partial charge in [0.15, 0.2) is 0 Å². The summed E-state index contributed by atoms with van der Waals surface area (Å²) in [6.07, 6.45) is 0. The molecule has 0 saturated carbocycles. The second-order valence-electron chi connectivity index (χ2n) is 6.28. The Morgan fingerprint density at radius 3 is 2.59 bits per heavy atom. The van der Waals surface area contributed by atoms with Crippen LogP contribution in [0.5, 0.6) is 0 Å². The Labute approximate surface area is 175 Å². The van der Waals surface area contributed by atoms with E-state index in [1.165, 1.54) is 28.9 Å². The van der Waals surface area contributed by atoms with Crippen molar-refractivity contribution >= 4 is 40.5 Å². The molecule has 1 amide bonds. The average molecular weight is 437 g/mol. The van der Waals surface area contributed by atoms with Gasteiger partial charge in [0.1, 0.15) is 5.82 Å². The summed E-state index contributed by atoms with van der Waals surface area (Å²) >= 11 is 12.1. The molecule has 0 aliphatic carbocycles. The molecular weight excluding hydrogens is 422 g/mol. The van der Waals surface area contributed by atoms with E-state index in [-0.39, 0.29) is 33.4 Å². The fraction of sp³-hybridized carbons (Fsp3) is 0.158. The number of non-ortho nitro benzene ring substituents is 1. The van der Waals surface area contributed by atoms with E-state index in [2.05, 4.69) is 10.4 Å². The molecule has 0 radical (unpaired) electrons. The minimum Gasteiger partial charge on any atom is -0.319 e. The number of aromatic nitrogens is 2. The zero-order valence-corrected chi connectivity index (χ0v) is 16.9. The molecule has 0 spiro atoms. The van der Waals surface area contributed by atoms with Crippen LogP contribution >= 0.6 is 23.2 Å². The molecule has 0 saturated heterocycles. The highest BCUT2D eigenvalue weighted by Gasteiger charge is 2.20. The lowest BCUT2D eigenvalue weighted by Gasteiger charge is -2.10. The molecule has 0 bridgehead atoms. The molecule has 150 valence electrons. The highest BCUT2D eigenvalue weighted by atomic mass is 35.5. The zero-order valence-electron chi connectivity index (χ0n) is 15.4. The summed E-state index contributed by atoms with van der Waals surface area (Å²) in [4.78, 5) is 22.8. The predicted octanol–water partition coefficient (Wildman–Crippen LogP) is 5.15. The first kappa shape index (κ1) is 20.8. The van der Waals surface area contributed by atoms with E-state index < -0.39 is 16.6 Å². The molecule has 1 aromatic heterocycles. The Balaban J connectivity index is 1.87. The van der Waals surface area contributed by atoms with Crippen molar-refractivity contribution in [3.63, 3.8) is 0 Å². The highest BCUT2D eigenvalue weighted by molar-refractivity contribution is 6.34. The molecule has 3 aromatic rings. The number of hydrogen-bond donors (Lipinski definition) is 1. The third-order valence-corrected chi connectivity index (χ3v) is 5.06. The number of amides is 1. The summed E-state index contributed by atoms with van der Waals surface area (Å²) in [6.45, 7) is 3.51. The van der Waals surface area contributed by atoms with E-state index in [0.29, 0.717) is 17.1 Å². The van der Waals surface area contributed by atoms with Crippen LogP contribution in [0.15, 0.2) is 36.4 Å². The van der Waals surface area contributed by atoms with Crippen molar-refractivity contribution in [3.05, 3.63) is 84.9 Å². The fourth-order valence-electron chi connectivity index (χ4n) is 2.85. The second kappa shape index (κ2) is 8.18. The maximum absolute atomic E-state index is 14.1. The Bertz CT molecular complexity index is 1110. The minimum absolute atomic E-state index is 0.0439. The van der Waals surface area contributed by atoms with Gasteiger partial charge in [-0.1, -0.05) is 29.3 Å². The topological polar surface area (TPSA) is 90.1 Å². The average Bonchev–Trinajstić information content (AvgIpc) is 2.92. The van der Waals surface area contributed by atoms with E-state index in [0.717, 1.165) is 6.07 Å². The summed E-state index contributed by atoms with van der Waals surface area (Å²) in [5, 5.41) is 18.1. The normalized spacial score (nSPS) is 10.8. The summed E-state index contributed by atoms with van der Waals surface area (Å²) in [7, 11) is 0. The molecule has 0 unspecified atom stereocenters. The van der Waals surface area contributed by atoms with Gasteiger partial charge in [-0.3, -0.25) is 19.6 Å². The summed E-state index contributed by atoms with van der Waals surface area (Å²) in [6, 6.07) is 8.01. The number of nitrogens with zero attached hydrogens (tertiary/aromatic N) is 3. The minimum atomic E-state index is -0.597. The van der Waals surface area contributed by atoms with Gasteiger partial charge in [-0.2, -0.15) is 5.10 Å². The summed E-state index contributed by atoms with van der Waals surface area (Å²) in [5.41, 5.74) is 1.71. The summed E-state index contributed by atoms with van der Waals surface area (Å²) in [5.74, 6) is -0.993. The van der Waals surface area contributed by atoms with Crippen molar-refractivity contribution in [2.45, 2.75) is 20.4 Å². The number of halogens is 3. The van der Waals surface area contributed by atoms with E-state index in [4.69, 9.17) is 23.2 Å². The quantitative estimate of drug-likeness (QED) is 0.441. The van der Waals surface area contributed by atoms with Crippen molar-refractivity contribution in [2.24, 2.45) is 0 Å². The van der Waals surface area contributed by atoms with Crippen LogP contribution in [0, 0.1) is 29.8 Å². The number of anilines is 1. The Morgan fingerprint density at radius 2 is 1.97 bits per heavy atom. The molecule has 3 rings (SSSR count). The number of carbonyl (C=O) groups excluding carboxylic acids is 1. The lowest BCUT2D eigenvalue weighted by molar-refractivity contribution is -0.384. The number of nitro benzene ring substituents is 1. The molecule has 29 heavy (non-hydrogen) atoms. The summed E-state index contributed by atoms with van der Waals surface area (Å²) < 4.78 is 15.6. The Kier molecular flexibility index (Phi) is 5.86. The van der Waals surface area contributed by atoms with E-state index in [9.17, 15) is 19.3 Å². The smallest absolute Gasteiger partial charge is 0.270 e. The Hall–Kier alpha value is -2.97. The molecule has 7 nitrogen and oxygen atoms in total. The first-order chi connectivity index (χ1) is 13.7. The molecule has 0 aliphatic heterocycles. The van der Waals surface area contributed by atoms with E-state index >= 15 is 0 Å². The zero-order chi connectivity index (χ0) is 21.3. The molecule has 2 aromatic carbocycles. The van der Waals surface area contributed by atoms with Crippen LogP contribution in [0.25, 0.3) is 0 Å². The molecule has 0 atom stereocenters. The van der Waals surface area contributed by atoms with Crippen LogP contribution in [0.3, 0.4) is 0 Å². The molecule has 10 heteroatoms. The Morgan fingerprint density at radius 1 is 1.24 bits per heavy atom. The lowest BCUT2D eigenvalue weighted by atomic mass is 10.2. The monoisotopic (exact) mass is 436 g/mol. The van der Waals surface area contributed by atoms with Crippen LogP contribution in [0.4, 0.5) is 15.8 Å². The number of rotatable bonds is 5. The molecule has 0 fully saturated rings. The third-order valence-electron chi connectivity index (χ3n) is 4.40. The number of carbonyl (C=O) groups is 1. The van der Waals surface area contributed by atoms with Crippen LogP contribution in [-0.2, 0) is 6.54 Å². The van der Waals surface area contributed by atoms with Crippen LogP contribution in [0.1, 0.15) is 27.3 Å². The van der Waals surface area contributed by atoms with Gasteiger partial charge in [-0.05, 0) is 32.0 Å². The molecule has 0 aliphatic rings. The maximum Gasteiger partial charge on any atom is 0.270 e. The second-order valence-corrected chi connectivity index (χ2v) is 7.09. The van der Waals surface area contributed by atoms with Crippen molar-refractivity contribution in [1.82, 2.24) is 9.78 Å².